The van der Waals surface area contributed by atoms with E-state index in [0.29, 0.717) is 11.7 Å². The minimum Gasteiger partial charge on any atom is -0.436 e. The van der Waals surface area contributed by atoms with Gasteiger partial charge >= 0.3 is 0 Å². The zero-order valence-corrected chi connectivity index (χ0v) is 11.0. The van der Waals surface area contributed by atoms with Crippen LogP contribution in [0.25, 0.3) is 0 Å². The van der Waals surface area contributed by atoms with Crippen LogP contribution in [0.3, 0.4) is 0 Å². The highest BCUT2D eigenvalue weighted by molar-refractivity contribution is 5.93. The Balaban J connectivity index is 1.76. The van der Waals surface area contributed by atoms with Gasteiger partial charge in [-0.1, -0.05) is 12.1 Å². The average Bonchev–Trinajstić information content (AvgIpc) is 3.34. The Morgan fingerprint density at radius 1 is 1.33 bits per heavy atom. The maximum Gasteiger partial charge on any atom is 0.276 e. The predicted octanol–water partition coefficient (Wildman–Crippen LogP) is 3.01. The lowest BCUT2D eigenvalue weighted by Gasteiger charge is -2.07. The molecule has 1 aliphatic carbocycles. The van der Waals surface area contributed by atoms with Crippen LogP contribution in [0.4, 0.5) is 4.39 Å². The van der Waals surface area contributed by atoms with Crippen LogP contribution >= 0.6 is 0 Å². The number of hydrogen-bond acceptors (Lipinski definition) is 4. The van der Waals surface area contributed by atoms with Crippen molar-refractivity contribution >= 4 is 5.91 Å². The number of rotatable bonds is 4. The summed E-state index contributed by atoms with van der Waals surface area (Å²) in [4.78, 5) is 14.9. The number of halogens is 1. The molecule has 0 radical (unpaired) electrons. The van der Waals surface area contributed by atoms with Crippen LogP contribution < -0.4 is 10.2 Å². The lowest BCUT2D eigenvalue weighted by molar-refractivity contribution is 0.0705. The average molecular weight is 288 g/mol. The fourth-order valence-electron chi connectivity index (χ4n) is 2.03. The number of nitrogens with one attached hydrogen (secondary N) is 1. The molecule has 1 aromatic heterocycles. The van der Waals surface area contributed by atoms with Crippen molar-refractivity contribution in [1.29, 1.82) is 0 Å². The molecule has 2 aromatic rings. The highest BCUT2D eigenvalue weighted by Gasteiger charge is 2.23. The van der Waals surface area contributed by atoms with Gasteiger partial charge in [-0.3, -0.25) is 10.0 Å². The van der Waals surface area contributed by atoms with E-state index in [-0.39, 0.29) is 11.4 Å². The Morgan fingerprint density at radius 3 is 2.62 bits per heavy atom. The number of hydroxylamine groups is 1. The van der Waals surface area contributed by atoms with Crippen molar-refractivity contribution in [2.45, 2.75) is 18.8 Å². The molecule has 3 rings (SSSR count). The molecule has 1 aromatic carbocycles. The highest BCUT2D eigenvalue weighted by atomic mass is 19.1. The van der Waals surface area contributed by atoms with Crippen molar-refractivity contribution in [3.8, 4) is 11.6 Å². The summed E-state index contributed by atoms with van der Waals surface area (Å²) in [6.45, 7) is 0. The Labute approximate surface area is 120 Å². The molecule has 1 fully saturated rings. The minimum atomic E-state index is -0.832. The Morgan fingerprint density at radius 2 is 2.05 bits per heavy atom. The molecule has 2 N–H and O–H groups in total. The lowest BCUT2D eigenvalue weighted by Crippen LogP contribution is -2.19. The summed E-state index contributed by atoms with van der Waals surface area (Å²) in [7, 11) is 0. The SMILES string of the molecule is O=C(NO)c1cnc(Oc2ccc(C3CC3)cc2)c(F)c1. The topological polar surface area (TPSA) is 71.5 Å². The zero-order chi connectivity index (χ0) is 14.8. The van der Waals surface area contributed by atoms with Crippen molar-refractivity contribution in [1.82, 2.24) is 10.5 Å². The van der Waals surface area contributed by atoms with Gasteiger partial charge in [0.2, 0.25) is 0 Å². The van der Waals surface area contributed by atoms with Gasteiger partial charge in [-0.15, -0.1) is 0 Å². The third-order valence-electron chi connectivity index (χ3n) is 3.31. The van der Waals surface area contributed by atoms with E-state index < -0.39 is 11.7 Å². The molecule has 1 aliphatic rings. The first-order chi connectivity index (χ1) is 10.2. The molecule has 21 heavy (non-hydrogen) atoms. The first kappa shape index (κ1) is 13.5. The number of aromatic nitrogens is 1. The maximum absolute atomic E-state index is 13.8. The number of nitrogens with zero attached hydrogens (tertiary/aromatic N) is 1. The Kier molecular flexibility index (Phi) is 3.53. The third-order valence-corrected chi connectivity index (χ3v) is 3.31. The molecule has 0 saturated heterocycles. The molecular weight excluding hydrogens is 275 g/mol. The van der Waals surface area contributed by atoms with Gasteiger partial charge in [0.15, 0.2) is 5.82 Å². The summed E-state index contributed by atoms with van der Waals surface area (Å²) in [6.07, 6.45) is 3.55. The van der Waals surface area contributed by atoms with Crippen molar-refractivity contribution in [3.05, 3.63) is 53.5 Å². The molecule has 108 valence electrons. The van der Waals surface area contributed by atoms with Crippen LogP contribution in [0.5, 0.6) is 11.6 Å². The van der Waals surface area contributed by atoms with Gasteiger partial charge < -0.3 is 4.74 Å². The highest BCUT2D eigenvalue weighted by Crippen LogP contribution is 2.40. The van der Waals surface area contributed by atoms with Crippen LogP contribution in [0.2, 0.25) is 0 Å². The monoisotopic (exact) mass is 288 g/mol. The van der Waals surface area contributed by atoms with Gasteiger partial charge in [0.25, 0.3) is 11.8 Å². The van der Waals surface area contributed by atoms with E-state index in [1.165, 1.54) is 23.9 Å². The van der Waals surface area contributed by atoms with E-state index in [1.54, 1.807) is 12.1 Å². The standard InChI is InChI=1S/C15H13FN2O3/c16-13-7-11(14(19)18-20)8-17-15(13)21-12-5-3-10(4-6-12)9-1-2-9/h3-9,20H,1-2H2,(H,18,19). The second kappa shape index (κ2) is 5.49. The molecule has 0 spiro atoms. The first-order valence-corrected chi connectivity index (χ1v) is 6.55. The zero-order valence-electron chi connectivity index (χ0n) is 11.0. The van der Waals surface area contributed by atoms with E-state index in [0.717, 1.165) is 12.3 Å². The second-order valence-electron chi connectivity index (χ2n) is 4.90. The van der Waals surface area contributed by atoms with Crippen LogP contribution in [0.1, 0.15) is 34.7 Å². The third kappa shape index (κ3) is 3.00. The fraction of sp³-hybridized carbons (Fsp3) is 0.200. The summed E-state index contributed by atoms with van der Waals surface area (Å²) in [6, 6.07) is 8.40. The normalized spacial score (nSPS) is 13.8. The van der Waals surface area contributed by atoms with Crippen LogP contribution in [0.15, 0.2) is 36.5 Å². The van der Waals surface area contributed by atoms with E-state index in [9.17, 15) is 9.18 Å². The maximum atomic E-state index is 13.8. The number of pyridine rings is 1. The lowest BCUT2D eigenvalue weighted by atomic mass is 10.1. The van der Waals surface area contributed by atoms with Gasteiger partial charge in [-0.2, -0.15) is 0 Å². The predicted molar refractivity (Wildman–Crippen MR) is 71.9 cm³/mol. The van der Waals surface area contributed by atoms with Crippen LogP contribution in [0, 0.1) is 5.82 Å². The Hall–Kier alpha value is -2.47. The summed E-state index contributed by atoms with van der Waals surface area (Å²) in [5, 5.41) is 8.48. The summed E-state index contributed by atoms with van der Waals surface area (Å²) >= 11 is 0. The summed E-state index contributed by atoms with van der Waals surface area (Å²) in [5.41, 5.74) is 2.58. The van der Waals surface area contributed by atoms with Crippen LogP contribution in [-0.4, -0.2) is 16.1 Å². The largest absolute Gasteiger partial charge is 0.436 e. The number of hydrogen-bond donors (Lipinski definition) is 2. The smallest absolute Gasteiger partial charge is 0.276 e. The molecule has 0 unspecified atom stereocenters. The summed E-state index contributed by atoms with van der Waals surface area (Å²) in [5.74, 6) is -0.705. The number of ether oxygens (including phenoxy) is 1. The fourth-order valence-corrected chi connectivity index (χ4v) is 2.03. The van der Waals surface area contributed by atoms with E-state index in [1.807, 2.05) is 12.1 Å². The van der Waals surface area contributed by atoms with Crippen LogP contribution in [-0.2, 0) is 0 Å². The molecule has 6 heteroatoms. The molecular formula is C15H13FN2O3. The second-order valence-corrected chi connectivity index (χ2v) is 4.90. The molecule has 0 atom stereocenters. The van der Waals surface area contributed by atoms with Gasteiger partial charge in [-0.05, 0) is 42.5 Å². The van der Waals surface area contributed by atoms with Gasteiger partial charge in [0, 0.05) is 6.20 Å². The van der Waals surface area contributed by atoms with Crippen molar-refractivity contribution in [2.24, 2.45) is 0 Å². The van der Waals surface area contributed by atoms with E-state index in [2.05, 4.69) is 4.98 Å². The minimum absolute atomic E-state index is 0.0913. The van der Waals surface area contributed by atoms with Gasteiger partial charge in [0.1, 0.15) is 5.75 Å². The van der Waals surface area contributed by atoms with E-state index >= 15 is 0 Å². The quantitative estimate of drug-likeness (QED) is 0.670. The Bertz CT molecular complexity index is 669. The van der Waals surface area contributed by atoms with Crippen molar-refractivity contribution < 1.29 is 19.1 Å². The molecule has 1 amide bonds. The summed E-state index contributed by atoms with van der Waals surface area (Å²) < 4.78 is 19.2. The van der Waals surface area contributed by atoms with Crippen molar-refractivity contribution in [2.75, 3.05) is 0 Å². The van der Waals surface area contributed by atoms with Gasteiger partial charge in [0.05, 0.1) is 5.56 Å². The molecule has 0 aliphatic heterocycles. The number of carbonyl (C=O) groups is 1. The number of carbonyl (C=O) groups excluding carboxylic acids is 1. The van der Waals surface area contributed by atoms with E-state index in [4.69, 9.17) is 9.94 Å². The molecule has 1 heterocycles. The first-order valence-electron chi connectivity index (χ1n) is 6.55. The molecule has 1 saturated carbocycles. The number of amides is 1. The molecule has 5 nitrogen and oxygen atoms in total. The van der Waals surface area contributed by atoms with Gasteiger partial charge in [-0.25, -0.2) is 14.9 Å². The number of benzene rings is 1. The van der Waals surface area contributed by atoms with Crippen molar-refractivity contribution in [3.63, 3.8) is 0 Å². The molecule has 0 bridgehead atoms.